The number of methoxy groups -OCH3 is 1. The lowest BCUT2D eigenvalue weighted by Gasteiger charge is -2.12. The maximum atomic E-state index is 5.24. The SMILES string of the molecule is COc1ccc(Nc2cc3sc(C)c(C)c3cc2C)c(Br)c1. The molecule has 114 valence electrons. The predicted molar refractivity (Wildman–Crippen MR) is 100 cm³/mol. The maximum absolute atomic E-state index is 5.24. The third kappa shape index (κ3) is 2.73. The van der Waals surface area contributed by atoms with Crippen LogP contribution in [0, 0.1) is 20.8 Å². The summed E-state index contributed by atoms with van der Waals surface area (Å²) in [7, 11) is 1.68. The van der Waals surface area contributed by atoms with Crippen molar-refractivity contribution in [2.75, 3.05) is 12.4 Å². The minimum absolute atomic E-state index is 0.842. The Morgan fingerprint density at radius 3 is 2.50 bits per heavy atom. The van der Waals surface area contributed by atoms with Crippen molar-refractivity contribution < 1.29 is 4.74 Å². The third-order valence-corrected chi connectivity index (χ3v) is 5.79. The highest BCUT2D eigenvalue weighted by molar-refractivity contribution is 9.10. The highest BCUT2D eigenvalue weighted by Crippen LogP contribution is 2.36. The summed E-state index contributed by atoms with van der Waals surface area (Å²) < 4.78 is 7.56. The zero-order valence-corrected chi connectivity index (χ0v) is 15.5. The first-order valence-electron chi connectivity index (χ1n) is 7.10. The Kier molecular flexibility index (Phi) is 4.15. The normalized spacial score (nSPS) is 11.0. The van der Waals surface area contributed by atoms with Crippen LogP contribution in [0.3, 0.4) is 0 Å². The van der Waals surface area contributed by atoms with E-state index < -0.39 is 0 Å². The summed E-state index contributed by atoms with van der Waals surface area (Å²) >= 11 is 5.45. The highest BCUT2D eigenvalue weighted by atomic mass is 79.9. The van der Waals surface area contributed by atoms with Gasteiger partial charge in [0.15, 0.2) is 0 Å². The van der Waals surface area contributed by atoms with Crippen molar-refractivity contribution in [1.29, 1.82) is 0 Å². The zero-order valence-electron chi connectivity index (χ0n) is 13.1. The van der Waals surface area contributed by atoms with Gasteiger partial charge in [0.1, 0.15) is 5.75 Å². The maximum Gasteiger partial charge on any atom is 0.120 e. The summed E-state index contributed by atoms with van der Waals surface area (Å²) in [5.41, 5.74) is 4.81. The number of anilines is 2. The van der Waals surface area contributed by atoms with E-state index in [-0.39, 0.29) is 0 Å². The summed E-state index contributed by atoms with van der Waals surface area (Å²) in [4.78, 5) is 1.39. The molecule has 0 spiro atoms. The van der Waals surface area contributed by atoms with Crippen LogP contribution in [-0.4, -0.2) is 7.11 Å². The second kappa shape index (κ2) is 5.94. The molecule has 1 heterocycles. The molecule has 0 bridgehead atoms. The van der Waals surface area contributed by atoms with Gasteiger partial charge in [0.2, 0.25) is 0 Å². The molecule has 0 atom stereocenters. The summed E-state index contributed by atoms with van der Waals surface area (Å²) in [6, 6.07) is 10.5. The van der Waals surface area contributed by atoms with Crippen LogP contribution in [-0.2, 0) is 0 Å². The predicted octanol–water partition coefficient (Wildman–Crippen LogP) is 6.34. The molecule has 0 aliphatic heterocycles. The second-order valence-corrected chi connectivity index (χ2v) is 7.53. The quantitative estimate of drug-likeness (QED) is 0.576. The van der Waals surface area contributed by atoms with Crippen LogP contribution >= 0.6 is 27.3 Å². The Morgan fingerprint density at radius 1 is 1.05 bits per heavy atom. The van der Waals surface area contributed by atoms with Gasteiger partial charge < -0.3 is 10.1 Å². The number of hydrogen-bond acceptors (Lipinski definition) is 3. The van der Waals surface area contributed by atoms with Crippen LogP contribution in [0.15, 0.2) is 34.8 Å². The number of thiophene rings is 1. The molecule has 0 aliphatic rings. The summed E-state index contributed by atoms with van der Waals surface area (Å²) in [5.74, 6) is 0.842. The Hall–Kier alpha value is -1.52. The first-order chi connectivity index (χ1) is 10.5. The summed E-state index contributed by atoms with van der Waals surface area (Å²) in [5, 5.41) is 4.88. The van der Waals surface area contributed by atoms with Gasteiger partial charge in [-0.15, -0.1) is 11.3 Å². The van der Waals surface area contributed by atoms with Crippen LogP contribution in [0.25, 0.3) is 10.1 Å². The molecule has 0 unspecified atom stereocenters. The van der Waals surface area contributed by atoms with E-state index >= 15 is 0 Å². The topological polar surface area (TPSA) is 21.3 Å². The van der Waals surface area contributed by atoms with E-state index in [4.69, 9.17) is 4.74 Å². The lowest BCUT2D eigenvalue weighted by atomic mass is 10.1. The van der Waals surface area contributed by atoms with Crippen molar-refractivity contribution in [3.8, 4) is 5.75 Å². The largest absolute Gasteiger partial charge is 0.497 e. The van der Waals surface area contributed by atoms with E-state index in [2.05, 4.69) is 54.2 Å². The van der Waals surface area contributed by atoms with E-state index in [0.717, 1.165) is 21.6 Å². The van der Waals surface area contributed by atoms with Crippen molar-refractivity contribution in [2.24, 2.45) is 0 Å². The number of ether oxygens (including phenoxy) is 1. The van der Waals surface area contributed by atoms with Crippen molar-refractivity contribution in [3.63, 3.8) is 0 Å². The van der Waals surface area contributed by atoms with Crippen LogP contribution in [0.2, 0.25) is 0 Å². The monoisotopic (exact) mass is 375 g/mol. The Morgan fingerprint density at radius 2 is 1.82 bits per heavy atom. The molecule has 3 aromatic rings. The van der Waals surface area contributed by atoms with Crippen LogP contribution in [0.4, 0.5) is 11.4 Å². The first kappa shape index (κ1) is 15.4. The number of hydrogen-bond donors (Lipinski definition) is 1. The van der Waals surface area contributed by atoms with E-state index in [1.54, 1.807) is 7.11 Å². The molecule has 0 fully saturated rings. The first-order valence-corrected chi connectivity index (χ1v) is 8.71. The Balaban J connectivity index is 2.02. The minimum atomic E-state index is 0.842. The molecule has 2 aromatic carbocycles. The molecule has 0 saturated carbocycles. The smallest absolute Gasteiger partial charge is 0.120 e. The molecular weight excluding hydrogens is 358 g/mol. The van der Waals surface area contributed by atoms with Gasteiger partial charge in [-0.2, -0.15) is 0 Å². The lowest BCUT2D eigenvalue weighted by molar-refractivity contribution is 0.414. The molecule has 0 radical (unpaired) electrons. The van der Waals surface area contributed by atoms with Gasteiger partial charge >= 0.3 is 0 Å². The Bertz CT molecular complexity index is 854. The molecule has 1 aromatic heterocycles. The van der Waals surface area contributed by atoms with Crippen molar-refractivity contribution in [1.82, 2.24) is 0 Å². The number of rotatable bonds is 3. The fourth-order valence-corrected chi connectivity index (χ4v) is 4.05. The van der Waals surface area contributed by atoms with E-state index in [9.17, 15) is 0 Å². The van der Waals surface area contributed by atoms with Crippen molar-refractivity contribution in [2.45, 2.75) is 20.8 Å². The van der Waals surface area contributed by atoms with Gasteiger partial charge in [-0.05, 0) is 83.5 Å². The number of benzene rings is 2. The van der Waals surface area contributed by atoms with E-state index in [1.807, 2.05) is 29.5 Å². The molecule has 0 saturated heterocycles. The molecule has 0 aliphatic carbocycles. The molecule has 4 heteroatoms. The molecule has 2 nitrogen and oxygen atoms in total. The molecule has 3 rings (SSSR count). The lowest BCUT2D eigenvalue weighted by Crippen LogP contribution is -1.94. The van der Waals surface area contributed by atoms with Gasteiger partial charge in [0.05, 0.1) is 12.8 Å². The van der Waals surface area contributed by atoms with Gasteiger partial charge in [-0.3, -0.25) is 0 Å². The van der Waals surface area contributed by atoms with E-state index in [1.165, 1.54) is 26.1 Å². The van der Waals surface area contributed by atoms with Crippen LogP contribution in [0.5, 0.6) is 5.75 Å². The van der Waals surface area contributed by atoms with Gasteiger partial charge in [-0.1, -0.05) is 0 Å². The van der Waals surface area contributed by atoms with Crippen molar-refractivity contribution in [3.05, 3.63) is 50.8 Å². The Labute approximate surface area is 143 Å². The minimum Gasteiger partial charge on any atom is -0.497 e. The van der Waals surface area contributed by atoms with E-state index in [0.29, 0.717) is 0 Å². The second-order valence-electron chi connectivity index (χ2n) is 5.42. The molecule has 22 heavy (non-hydrogen) atoms. The van der Waals surface area contributed by atoms with Crippen LogP contribution in [0.1, 0.15) is 16.0 Å². The van der Waals surface area contributed by atoms with Crippen molar-refractivity contribution >= 4 is 48.7 Å². The number of aryl methyl sites for hydroxylation is 3. The fraction of sp³-hybridized carbons (Fsp3) is 0.222. The van der Waals surface area contributed by atoms with Gasteiger partial charge in [0.25, 0.3) is 0 Å². The van der Waals surface area contributed by atoms with Gasteiger partial charge in [0, 0.05) is 19.7 Å². The zero-order chi connectivity index (χ0) is 15.9. The summed E-state index contributed by atoms with van der Waals surface area (Å²) in [6.45, 7) is 6.52. The number of halogens is 1. The standard InChI is InChI=1S/C18H18BrNOS/c1-10-7-14-11(2)12(3)22-18(14)9-17(10)20-16-6-5-13(21-4)8-15(16)19/h5-9,20H,1-4H3. The highest BCUT2D eigenvalue weighted by Gasteiger charge is 2.10. The van der Waals surface area contributed by atoms with Crippen LogP contribution < -0.4 is 10.1 Å². The molecular formula is C18H18BrNOS. The fourth-order valence-electron chi connectivity index (χ4n) is 2.50. The number of nitrogens with one attached hydrogen (secondary N) is 1. The number of fused-ring (bicyclic) bond motifs is 1. The molecule has 1 N–H and O–H groups in total. The summed E-state index contributed by atoms with van der Waals surface area (Å²) in [6.07, 6.45) is 0. The molecule has 0 amide bonds. The third-order valence-electron chi connectivity index (χ3n) is 3.97. The average Bonchev–Trinajstić information content (AvgIpc) is 2.76. The van der Waals surface area contributed by atoms with Gasteiger partial charge in [-0.25, -0.2) is 0 Å². The average molecular weight is 376 g/mol.